The monoisotopic (exact) mass is 386 g/mol. The van der Waals surface area contributed by atoms with Crippen molar-refractivity contribution in [2.75, 3.05) is 32.9 Å². The molecule has 0 radical (unpaired) electrons. The molecule has 1 unspecified atom stereocenters. The second kappa shape index (κ2) is 8.87. The molecule has 1 fully saturated rings. The topological polar surface area (TPSA) is 73.8 Å². The van der Waals surface area contributed by atoms with E-state index in [-0.39, 0.29) is 6.04 Å². The third kappa shape index (κ3) is 5.87. The third-order valence-corrected chi connectivity index (χ3v) is 6.20. The molecular formula is C17H27ClN4O2S. The SMILES string of the molecule is CN=C(NCC1CCN(S(C)(=O)=O)CC1)NC(C)c1ccccc1Cl. The summed E-state index contributed by atoms with van der Waals surface area (Å²) in [5.74, 6) is 1.16. The number of hydrogen-bond acceptors (Lipinski definition) is 3. The smallest absolute Gasteiger partial charge is 0.211 e. The minimum atomic E-state index is -3.07. The van der Waals surface area contributed by atoms with Gasteiger partial charge >= 0.3 is 0 Å². The summed E-state index contributed by atoms with van der Waals surface area (Å²) in [4.78, 5) is 4.27. The van der Waals surface area contributed by atoms with Crippen LogP contribution in [0.25, 0.3) is 0 Å². The van der Waals surface area contributed by atoms with E-state index in [0.717, 1.165) is 35.9 Å². The predicted octanol–water partition coefficient (Wildman–Crippen LogP) is 2.24. The molecule has 0 amide bonds. The maximum Gasteiger partial charge on any atom is 0.211 e. The maximum absolute atomic E-state index is 11.6. The number of halogens is 1. The Morgan fingerprint density at radius 1 is 1.36 bits per heavy atom. The summed E-state index contributed by atoms with van der Waals surface area (Å²) in [7, 11) is -1.33. The number of guanidine groups is 1. The summed E-state index contributed by atoms with van der Waals surface area (Å²) in [6.45, 7) is 3.99. The van der Waals surface area contributed by atoms with Crippen LogP contribution in [-0.2, 0) is 10.0 Å². The van der Waals surface area contributed by atoms with Crippen molar-refractivity contribution in [3.8, 4) is 0 Å². The van der Waals surface area contributed by atoms with Gasteiger partial charge in [-0.05, 0) is 37.3 Å². The van der Waals surface area contributed by atoms with E-state index in [4.69, 9.17) is 11.6 Å². The number of nitrogens with one attached hydrogen (secondary N) is 2. The Morgan fingerprint density at radius 2 is 2.00 bits per heavy atom. The van der Waals surface area contributed by atoms with Crippen molar-refractivity contribution in [2.45, 2.75) is 25.8 Å². The van der Waals surface area contributed by atoms with E-state index in [1.807, 2.05) is 31.2 Å². The largest absolute Gasteiger partial charge is 0.356 e. The quantitative estimate of drug-likeness (QED) is 0.601. The molecule has 0 aromatic heterocycles. The molecule has 140 valence electrons. The second-order valence-corrected chi connectivity index (χ2v) is 8.84. The van der Waals surface area contributed by atoms with Crippen LogP contribution in [0.2, 0.25) is 5.02 Å². The Balaban J connectivity index is 1.82. The molecule has 2 rings (SSSR count). The van der Waals surface area contributed by atoms with E-state index in [1.54, 1.807) is 11.4 Å². The number of aliphatic imine (C=N–C) groups is 1. The highest BCUT2D eigenvalue weighted by molar-refractivity contribution is 7.88. The van der Waals surface area contributed by atoms with E-state index in [1.165, 1.54) is 6.26 Å². The molecule has 0 saturated carbocycles. The molecule has 1 heterocycles. The van der Waals surface area contributed by atoms with Gasteiger partial charge in [0.2, 0.25) is 10.0 Å². The number of benzene rings is 1. The molecule has 6 nitrogen and oxygen atoms in total. The fourth-order valence-corrected chi connectivity index (χ4v) is 4.16. The van der Waals surface area contributed by atoms with Crippen molar-refractivity contribution in [1.29, 1.82) is 0 Å². The van der Waals surface area contributed by atoms with Gasteiger partial charge in [-0.15, -0.1) is 0 Å². The van der Waals surface area contributed by atoms with Gasteiger partial charge in [0.25, 0.3) is 0 Å². The highest BCUT2D eigenvalue weighted by Gasteiger charge is 2.25. The molecule has 0 aliphatic carbocycles. The lowest BCUT2D eigenvalue weighted by Crippen LogP contribution is -2.44. The van der Waals surface area contributed by atoms with Crippen LogP contribution in [0.5, 0.6) is 0 Å². The molecule has 1 aliphatic rings. The highest BCUT2D eigenvalue weighted by atomic mass is 35.5. The Hall–Kier alpha value is -1.31. The zero-order chi connectivity index (χ0) is 18.4. The maximum atomic E-state index is 11.6. The molecule has 2 N–H and O–H groups in total. The summed E-state index contributed by atoms with van der Waals surface area (Å²) in [6.07, 6.45) is 2.99. The van der Waals surface area contributed by atoms with Crippen LogP contribution in [0.4, 0.5) is 0 Å². The van der Waals surface area contributed by atoms with Crippen molar-refractivity contribution in [2.24, 2.45) is 10.9 Å². The number of piperidine rings is 1. The molecule has 0 spiro atoms. The first-order valence-electron chi connectivity index (χ1n) is 8.48. The molecule has 8 heteroatoms. The van der Waals surface area contributed by atoms with Crippen LogP contribution >= 0.6 is 11.6 Å². The Kier molecular flexibility index (Phi) is 7.10. The first-order chi connectivity index (χ1) is 11.8. The Morgan fingerprint density at radius 3 is 2.56 bits per heavy atom. The fraction of sp³-hybridized carbons (Fsp3) is 0.588. The highest BCUT2D eigenvalue weighted by Crippen LogP contribution is 2.22. The normalized spacial score (nSPS) is 18.8. The average molecular weight is 387 g/mol. The van der Waals surface area contributed by atoms with Crippen molar-refractivity contribution in [3.05, 3.63) is 34.9 Å². The van der Waals surface area contributed by atoms with Gasteiger partial charge in [-0.25, -0.2) is 12.7 Å². The molecule has 0 bridgehead atoms. The van der Waals surface area contributed by atoms with Crippen LogP contribution in [0.15, 0.2) is 29.3 Å². The van der Waals surface area contributed by atoms with Crippen LogP contribution in [0.1, 0.15) is 31.4 Å². The third-order valence-electron chi connectivity index (χ3n) is 4.55. The van der Waals surface area contributed by atoms with Crippen molar-refractivity contribution < 1.29 is 8.42 Å². The molecule has 1 aromatic rings. The Bertz CT molecular complexity index is 700. The number of nitrogens with zero attached hydrogens (tertiary/aromatic N) is 2. The summed E-state index contributed by atoms with van der Waals surface area (Å²) in [6, 6.07) is 7.78. The van der Waals surface area contributed by atoms with Crippen LogP contribution in [0, 0.1) is 5.92 Å². The molecule has 25 heavy (non-hydrogen) atoms. The van der Waals surface area contributed by atoms with Gasteiger partial charge in [0, 0.05) is 31.7 Å². The van der Waals surface area contributed by atoms with Gasteiger partial charge in [-0.1, -0.05) is 29.8 Å². The van der Waals surface area contributed by atoms with Crippen molar-refractivity contribution in [3.63, 3.8) is 0 Å². The zero-order valence-electron chi connectivity index (χ0n) is 15.0. The zero-order valence-corrected chi connectivity index (χ0v) is 16.6. The molecule has 1 aromatic carbocycles. The average Bonchev–Trinajstić information content (AvgIpc) is 2.58. The van der Waals surface area contributed by atoms with Gasteiger partial charge in [-0.3, -0.25) is 4.99 Å². The van der Waals surface area contributed by atoms with Gasteiger partial charge in [0.05, 0.1) is 12.3 Å². The minimum Gasteiger partial charge on any atom is -0.356 e. The molecule has 1 aliphatic heterocycles. The summed E-state index contributed by atoms with van der Waals surface area (Å²) >= 11 is 6.24. The minimum absolute atomic E-state index is 0.0342. The summed E-state index contributed by atoms with van der Waals surface area (Å²) in [5, 5.41) is 7.41. The predicted molar refractivity (Wildman–Crippen MR) is 104 cm³/mol. The van der Waals surface area contributed by atoms with Gasteiger partial charge in [0.15, 0.2) is 5.96 Å². The summed E-state index contributed by atoms with van der Waals surface area (Å²) in [5.41, 5.74) is 1.02. The van der Waals surface area contributed by atoms with Crippen LogP contribution in [-0.4, -0.2) is 51.6 Å². The fourth-order valence-electron chi connectivity index (χ4n) is 2.99. The number of rotatable bonds is 5. The molecule has 1 atom stereocenters. The first-order valence-corrected chi connectivity index (χ1v) is 10.7. The number of hydrogen-bond donors (Lipinski definition) is 2. The van der Waals surface area contributed by atoms with E-state index in [2.05, 4.69) is 15.6 Å². The van der Waals surface area contributed by atoms with Crippen LogP contribution < -0.4 is 10.6 Å². The molecule has 1 saturated heterocycles. The first kappa shape index (κ1) is 20.0. The van der Waals surface area contributed by atoms with E-state index in [9.17, 15) is 8.42 Å². The van der Waals surface area contributed by atoms with E-state index in [0.29, 0.717) is 19.0 Å². The number of sulfonamides is 1. The van der Waals surface area contributed by atoms with Gasteiger partial charge in [0.1, 0.15) is 0 Å². The summed E-state index contributed by atoms with van der Waals surface area (Å²) < 4.78 is 24.7. The lowest BCUT2D eigenvalue weighted by atomic mass is 9.98. The second-order valence-electron chi connectivity index (χ2n) is 6.45. The lowest BCUT2D eigenvalue weighted by molar-refractivity contribution is 0.274. The van der Waals surface area contributed by atoms with E-state index >= 15 is 0 Å². The van der Waals surface area contributed by atoms with E-state index < -0.39 is 10.0 Å². The standard InChI is InChI=1S/C17H27ClN4O2S/c1-13(15-6-4-5-7-16(15)18)21-17(19-2)20-12-14-8-10-22(11-9-14)25(3,23)24/h4-7,13-14H,8-12H2,1-3H3,(H2,19,20,21). The lowest BCUT2D eigenvalue weighted by Gasteiger charge is -2.30. The van der Waals surface area contributed by atoms with Gasteiger partial charge in [-0.2, -0.15) is 0 Å². The van der Waals surface area contributed by atoms with Gasteiger partial charge < -0.3 is 10.6 Å². The Labute approximate surface area is 155 Å². The van der Waals surface area contributed by atoms with Crippen LogP contribution in [0.3, 0.4) is 0 Å². The molecular weight excluding hydrogens is 360 g/mol. The van der Waals surface area contributed by atoms with Crippen molar-refractivity contribution in [1.82, 2.24) is 14.9 Å². The van der Waals surface area contributed by atoms with Crippen molar-refractivity contribution >= 4 is 27.6 Å².